The second kappa shape index (κ2) is 9.95. The molecule has 4 saturated carbocycles. The minimum Gasteiger partial charge on any atom is -0.390 e. The molecule has 4 aliphatic rings. The van der Waals surface area contributed by atoms with Gasteiger partial charge < -0.3 is 9.84 Å². The first-order valence-corrected chi connectivity index (χ1v) is 14.7. The molecule has 6 heteroatoms. The molecule has 0 amide bonds. The van der Waals surface area contributed by atoms with Crippen LogP contribution in [0.4, 0.5) is 5.69 Å². The molecular weight excluding hydrogens is 484 g/mol. The van der Waals surface area contributed by atoms with Crippen molar-refractivity contribution in [1.29, 1.82) is 0 Å². The van der Waals surface area contributed by atoms with E-state index in [1.807, 2.05) is 39.2 Å². The Hall–Kier alpha value is -1.43. The summed E-state index contributed by atoms with van der Waals surface area (Å²) in [5.41, 5.74) is 1.56. The molecule has 0 radical (unpaired) electrons. The Morgan fingerprint density at radius 2 is 1.95 bits per heavy atom. The number of methoxy groups -OCH3 is 1. The maximum absolute atomic E-state index is 13.9. The van der Waals surface area contributed by atoms with Crippen molar-refractivity contribution in [3.05, 3.63) is 28.8 Å². The lowest BCUT2D eigenvalue weighted by Crippen LogP contribution is -2.58. The minimum atomic E-state index is -0.546. The number of rotatable bonds is 7. The molecule has 0 unspecified atom stereocenters. The topological polar surface area (TPSA) is 62.1 Å². The fraction of sp³-hybridized carbons (Fsp3) is 0.742. The first-order valence-electron chi connectivity index (χ1n) is 14.3. The van der Waals surface area contributed by atoms with Crippen LogP contribution in [0, 0.1) is 47.3 Å². The van der Waals surface area contributed by atoms with E-state index in [0.29, 0.717) is 28.7 Å². The number of fused-ring (bicyclic) bond motifs is 5. The average Bonchev–Trinajstić information content (AvgIpc) is 3.21. The SMILES string of the molecule is C=NN(CC(=O)[C@H]1CC[C@H]2[C@@H]3CC[C@@H]4C[C@](C)(O)CC[C@]4(COC)[C@H]3CC[C@]12C)c1cc(Cl)ccc1C. The van der Waals surface area contributed by atoms with Crippen LogP contribution in [0.15, 0.2) is 23.3 Å². The lowest BCUT2D eigenvalue weighted by molar-refractivity contribution is -0.175. The van der Waals surface area contributed by atoms with E-state index in [1.54, 1.807) is 5.01 Å². The van der Waals surface area contributed by atoms with E-state index < -0.39 is 5.60 Å². The van der Waals surface area contributed by atoms with Crippen LogP contribution in [0.1, 0.15) is 77.2 Å². The zero-order valence-electron chi connectivity index (χ0n) is 23.1. The van der Waals surface area contributed by atoms with Crippen LogP contribution in [0.3, 0.4) is 0 Å². The van der Waals surface area contributed by atoms with Crippen LogP contribution in [0.2, 0.25) is 5.02 Å². The van der Waals surface area contributed by atoms with Crippen molar-refractivity contribution in [3.8, 4) is 0 Å². The van der Waals surface area contributed by atoms with E-state index in [-0.39, 0.29) is 29.1 Å². The molecule has 0 heterocycles. The van der Waals surface area contributed by atoms with E-state index in [4.69, 9.17) is 16.3 Å². The number of carbonyl (C=O) groups is 1. The Kier molecular flexibility index (Phi) is 7.30. The predicted molar refractivity (Wildman–Crippen MR) is 150 cm³/mol. The number of halogens is 1. The van der Waals surface area contributed by atoms with Crippen molar-refractivity contribution in [3.63, 3.8) is 0 Å². The van der Waals surface area contributed by atoms with Gasteiger partial charge in [-0.05, 0) is 124 Å². The highest BCUT2D eigenvalue weighted by Gasteiger charge is 2.63. The van der Waals surface area contributed by atoms with Crippen molar-refractivity contribution >= 4 is 29.8 Å². The molecule has 1 aromatic carbocycles. The number of ether oxygens (including phenoxy) is 1. The Balaban J connectivity index is 1.36. The van der Waals surface area contributed by atoms with Crippen LogP contribution in [-0.4, -0.2) is 43.5 Å². The highest BCUT2D eigenvalue weighted by Crippen LogP contribution is 2.68. The van der Waals surface area contributed by atoms with Gasteiger partial charge in [-0.1, -0.05) is 24.6 Å². The number of ketones is 1. The van der Waals surface area contributed by atoms with Gasteiger partial charge >= 0.3 is 0 Å². The summed E-state index contributed by atoms with van der Waals surface area (Å²) in [5.74, 6) is 2.74. The number of hydrogen-bond acceptors (Lipinski definition) is 5. The number of benzene rings is 1. The number of aryl methyl sites for hydroxylation is 1. The number of anilines is 1. The van der Waals surface area contributed by atoms with Gasteiger partial charge in [-0.3, -0.25) is 9.80 Å². The number of nitrogens with zero attached hydrogens (tertiary/aromatic N) is 2. The second-order valence-electron chi connectivity index (χ2n) is 13.3. The molecule has 1 N–H and O–H groups in total. The average molecular weight is 529 g/mol. The molecule has 4 fully saturated rings. The van der Waals surface area contributed by atoms with Crippen molar-refractivity contribution < 1.29 is 14.6 Å². The normalized spacial score (nSPS) is 40.9. The van der Waals surface area contributed by atoms with E-state index in [1.165, 1.54) is 19.3 Å². The van der Waals surface area contributed by atoms with E-state index in [2.05, 4.69) is 18.7 Å². The Morgan fingerprint density at radius 1 is 1.16 bits per heavy atom. The molecule has 5 nitrogen and oxygen atoms in total. The molecule has 4 aliphatic carbocycles. The second-order valence-corrected chi connectivity index (χ2v) is 13.7. The maximum Gasteiger partial charge on any atom is 0.157 e. The summed E-state index contributed by atoms with van der Waals surface area (Å²) in [5, 5.41) is 17.5. The van der Waals surface area contributed by atoms with Crippen LogP contribution < -0.4 is 5.01 Å². The van der Waals surface area contributed by atoms with Crippen LogP contribution in [-0.2, 0) is 9.53 Å². The first-order chi connectivity index (χ1) is 17.5. The molecule has 0 aromatic heterocycles. The molecule has 8 atom stereocenters. The van der Waals surface area contributed by atoms with E-state index in [9.17, 15) is 9.90 Å². The third kappa shape index (κ3) is 4.57. The zero-order valence-corrected chi connectivity index (χ0v) is 23.9. The Morgan fingerprint density at radius 3 is 2.68 bits per heavy atom. The van der Waals surface area contributed by atoms with Crippen molar-refractivity contribution in [2.24, 2.45) is 45.5 Å². The standard InChI is InChI=1S/C31H45ClN2O3/c1-20-6-8-22(32)16-27(20)34(33-4)18-28(35)26-11-10-24-23-9-7-21-17-29(2,36)14-15-31(21,19-37-5)25(23)12-13-30(24,26)3/h6,8,16,21,23-26,36H,4,7,9-15,17-19H2,1-3,5H3/t21-,23+,24+,25+,26-,29-,30+,31-/m1/s1. The third-order valence-corrected chi connectivity index (χ3v) is 11.6. The quantitative estimate of drug-likeness (QED) is 0.317. The van der Waals surface area contributed by atoms with Crippen LogP contribution in [0.5, 0.6) is 0 Å². The molecular formula is C31H45ClN2O3. The third-order valence-electron chi connectivity index (χ3n) is 11.4. The van der Waals surface area contributed by atoms with Gasteiger partial charge in [-0.2, -0.15) is 5.10 Å². The summed E-state index contributed by atoms with van der Waals surface area (Å²) in [6.45, 7) is 11.3. The van der Waals surface area contributed by atoms with Gasteiger partial charge in [-0.15, -0.1) is 0 Å². The highest BCUT2D eigenvalue weighted by atomic mass is 35.5. The summed E-state index contributed by atoms with van der Waals surface area (Å²) in [6.07, 6.45) is 9.60. The van der Waals surface area contributed by atoms with Gasteiger partial charge in [0, 0.05) is 24.8 Å². The van der Waals surface area contributed by atoms with Crippen LogP contribution in [0.25, 0.3) is 0 Å². The number of carbonyl (C=O) groups excluding carboxylic acids is 1. The fourth-order valence-electron chi connectivity index (χ4n) is 9.64. The van der Waals surface area contributed by atoms with E-state index in [0.717, 1.165) is 56.4 Å². The van der Waals surface area contributed by atoms with Crippen LogP contribution >= 0.6 is 11.6 Å². The predicted octanol–water partition coefficient (Wildman–Crippen LogP) is 6.68. The summed E-state index contributed by atoms with van der Waals surface area (Å²) in [4.78, 5) is 13.9. The number of aliphatic hydroxyl groups is 1. The number of hydrogen-bond donors (Lipinski definition) is 1. The molecule has 204 valence electrons. The summed E-state index contributed by atoms with van der Waals surface area (Å²) in [6, 6.07) is 5.70. The lowest BCUT2D eigenvalue weighted by Gasteiger charge is -2.62. The summed E-state index contributed by atoms with van der Waals surface area (Å²) >= 11 is 6.26. The molecule has 0 spiro atoms. The van der Waals surface area contributed by atoms with Gasteiger partial charge in [-0.25, -0.2) is 0 Å². The van der Waals surface area contributed by atoms with Crippen molar-refractivity contribution in [2.45, 2.75) is 84.2 Å². The van der Waals surface area contributed by atoms with Crippen molar-refractivity contribution in [2.75, 3.05) is 25.3 Å². The van der Waals surface area contributed by atoms with Gasteiger partial charge in [0.2, 0.25) is 0 Å². The maximum atomic E-state index is 13.9. The smallest absolute Gasteiger partial charge is 0.157 e. The molecule has 5 rings (SSSR count). The summed E-state index contributed by atoms with van der Waals surface area (Å²) in [7, 11) is 1.85. The molecule has 0 aliphatic heterocycles. The van der Waals surface area contributed by atoms with Gasteiger partial charge in [0.05, 0.1) is 17.9 Å². The fourth-order valence-corrected chi connectivity index (χ4v) is 9.81. The zero-order chi connectivity index (χ0) is 26.6. The lowest BCUT2D eigenvalue weighted by atomic mass is 9.43. The Labute approximate surface area is 228 Å². The van der Waals surface area contributed by atoms with E-state index >= 15 is 0 Å². The van der Waals surface area contributed by atoms with Gasteiger partial charge in [0.15, 0.2) is 5.78 Å². The van der Waals surface area contributed by atoms with Crippen molar-refractivity contribution in [1.82, 2.24) is 0 Å². The largest absolute Gasteiger partial charge is 0.390 e. The number of Topliss-reactive ketones (excluding diaryl/α,β-unsaturated/α-hetero) is 1. The summed E-state index contributed by atoms with van der Waals surface area (Å²) < 4.78 is 5.90. The highest BCUT2D eigenvalue weighted by molar-refractivity contribution is 6.30. The van der Waals surface area contributed by atoms with Gasteiger partial charge in [0.1, 0.15) is 6.54 Å². The monoisotopic (exact) mass is 528 g/mol. The molecule has 1 aromatic rings. The molecule has 0 saturated heterocycles. The molecule has 0 bridgehead atoms. The molecule has 37 heavy (non-hydrogen) atoms. The minimum absolute atomic E-state index is 0.0374. The Bertz CT molecular complexity index is 1040. The number of hydrazone groups is 1. The van der Waals surface area contributed by atoms with Gasteiger partial charge in [0.25, 0.3) is 0 Å². The first kappa shape index (κ1) is 27.1.